The normalized spacial score (nSPS) is 12.7. The van der Waals surface area contributed by atoms with Crippen LogP contribution in [0.2, 0.25) is 0 Å². The summed E-state index contributed by atoms with van der Waals surface area (Å²) in [4.78, 5) is 5.89. The summed E-state index contributed by atoms with van der Waals surface area (Å²) in [6.07, 6.45) is 0. The van der Waals surface area contributed by atoms with Gasteiger partial charge < -0.3 is 4.42 Å². The third-order valence-electron chi connectivity index (χ3n) is 4.49. The van der Waals surface area contributed by atoms with Crippen LogP contribution in [0.3, 0.4) is 0 Å². The van der Waals surface area contributed by atoms with E-state index in [1.807, 2.05) is 36.0 Å². The van der Waals surface area contributed by atoms with Gasteiger partial charge in [0.15, 0.2) is 5.58 Å². The number of fused-ring (bicyclic) bond motifs is 1. The Labute approximate surface area is 171 Å². The van der Waals surface area contributed by atoms with Gasteiger partial charge in [-0.1, -0.05) is 71.5 Å². The van der Waals surface area contributed by atoms with Gasteiger partial charge in [-0.2, -0.15) is 0 Å². The zero-order valence-electron chi connectivity index (χ0n) is 17.1. The number of oxazole rings is 1. The first kappa shape index (κ1) is 20.3. The zero-order valence-corrected chi connectivity index (χ0v) is 18.8. The van der Waals surface area contributed by atoms with E-state index in [-0.39, 0.29) is 10.8 Å². The Hall–Kier alpha value is -1.39. The van der Waals surface area contributed by atoms with Crippen LogP contribution >= 0.6 is 23.5 Å². The molecule has 0 amide bonds. The van der Waals surface area contributed by atoms with E-state index in [0.717, 1.165) is 27.8 Å². The van der Waals surface area contributed by atoms with Crippen molar-refractivity contribution in [3.8, 4) is 0 Å². The molecule has 0 radical (unpaired) electrons. The summed E-state index contributed by atoms with van der Waals surface area (Å²) < 4.78 is 5.79. The van der Waals surface area contributed by atoms with Crippen molar-refractivity contribution in [2.75, 3.05) is 11.5 Å². The number of rotatable bonds is 5. The van der Waals surface area contributed by atoms with Crippen molar-refractivity contribution in [1.29, 1.82) is 0 Å². The summed E-state index contributed by atoms with van der Waals surface area (Å²) in [5, 5.41) is 0.760. The molecule has 1 aromatic heterocycles. The van der Waals surface area contributed by atoms with E-state index in [4.69, 9.17) is 4.42 Å². The van der Waals surface area contributed by atoms with Crippen LogP contribution in [-0.2, 0) is 10.8 Å². The van der Waals surface area contributed by atoms with Gasteiger partial charge in [0.05, 0.1) is 0 Å². The molecule has 3 rings (SSSR count). The van der Waals surface area contributed by atoms with Crippen LogP contribution in [0.15, 0.2) is 57.0 Å². The van der Waals surface area contributed by atoms with E-state index in [9.17, 15) is 0 Å². The van der Waals surface area contributed by atoms with Crippen LogP contribution < -0.4 is 0 Å². The summed E-state index contributed by atoms with van der Waals surface area (Å²) >= 11 is 3.60. The molecule has 0 saturated heterocycles. The minimum absolute atomic E-state index is 0.156. The van der Waals surface area contributed by atoms with Gasteiger partial charge >= 0.3 is 0 Å². The van der Waals surface area contributed by atoms with Crippen LogP contribution in [0.25, 0.3) is 11.1 Å². The quantitative estimate of drug-likeness (QED) is 0.332. The average molecular weight is 400 g/mol. The second-order valence-electron chi connectivity index (χ2n) is 8.89. The number of hydrogen-bond acceptors (Lipinski definition) is 4. The van der Waals surface area contributed by atoms with Gasteiger partial charge in [-0.3, -0.25) is 0 Å². The molecule has 0 aliphatic rings. The standard InChI is InChI=1S/C23H29NOS2/c1-22(2,3)16-13-17(23(4,5)6)15-18(14-16)26-11-12-27-21-24-19-9-7-8-10-20(19)25-21/h7-10,13-15H,11-12H2,1-6H3. The van der Waals surface area contributed by atoms with Gasteiger partial charge in [0.1, 0.15) is 5.52 Å². The Morgan fingerprint density at radius 2 is 1.41 bits per heavy atom. The van der Waals surface area contributed by atoms with Crippen molar-refractivity contribution < 1.29 is 4.42 Å². The van der Waals surface area contributed by atoms with E-state index in [1.54, 1.807) is 11.8 Å². The fourth-order valence-corrected chi connectivity index (χ4v) is 4.56. The first-order valence-corrected chi connectivity index (χ1v) is 11.4. The largest absolute Gasteiger partial charge is 0.431 e. The minimum Gasteiger partial charge on any atom is -0.431 e. The number of hydrogen-bond donors (Lipinski definition) is 0. The Bertz CT molecular complexity index is 851. The molecule has 2 nitrogen and oxygen atoms in total. The Kier molecular flexibility index (Phi) is 5.97. The molecule has 0 saturated carbocycles. The molecular formula is C23H29NOS2. The van der Waals surface area contributed by atoms with Gasteiger partial charge in [-0.05, 0) is 46.2 Å². The molecule has 0 unspecified atom stereocenters. The van der Waals surface area contributed by atoms with Crippen molar-refractivity contribution in [2.45, 2.75) is 62.5 Å². The number of aromatic nitrogens is 1. The summed E-state index contributed by atoms with van der Waals surface area (Å²) in [6, 6.07) is 15.0. The molecule has 0 aliphatic carbocycles. The summed E-state index contributed by atoms with van der Waals surface area (Å²) in [7, 11) is 0. The lowest BCUT2D eigenvalue weighted by molar-refractivity contribution is 0.489. The van der Waals surface area contributed by atoms with Crippen LogP contribution in [0, 0.1) is 0 Å². The van der Waals surface area contributed by atoms with Crippen LogP contribution in [-0.4, -0.2) is 16.5 Å². The minimum atomic E-state index is 0.156. The SMILES string of the molecule is CC(C)(C)c1cc(SCCSc2nc3ccccc3o2)cc(C(C)(C)C)c1. The lowest BCUT2D eigenvalue weighted by Crippen LogP contribution is -2.16. The monoisotopic (exact) mass is 399 g/mol. The van der Waals surface area contributed by atoms with Crippen molar-refractivity contribution in [3.05, 3.63) is 53.6 Å². The first-order chi connectivity index (χ1) is 12.6. The van der Waals surface area contributed by atoms with Crippen LogP contribution in [0.4, 0.5) is 0 Å². The topological polar surface area (TPSA) is 26.0 Å². The fraction of sp³-hybridized carbons (Fsp3) is 0.435. The van der Waals surface area contributed by atoms with E-state index < -0.39 is 0 Å². The molecule has 4 heteroatoms. The van der Waals surface area contributed by atoms with Crippen molar-refractivity contribution in [1.82, 2.24) is 4.98 Å². The molecule has 0 N–H and O–H groups in total. The molecule has 144 valence electrons. The number of nitrogens with zero attached hydrogens (tertiary/aromatic N) is 1. The second kappa shape index (κ2) is 7.92. The van der Waals surface area contributed by atoms with Crippen molar-refractivity contribution in [2.24, 2.45) is 0 Å². The molecule has 2 aromatic carbocycles. The third-order valence-corrected chi connectivity index (χ3v) is 6.56. The fourth-order valence-electron chi connectivity index (χ4n) is 2.75. The van der Waals surface area contributed by atoms with Gasteiger partial charge in [0.25, 0.3) is 5.22 Å². The maximum absolute atomic E-state index is 5.79. The second-order valence-corrected chi connectivity index (χ2v) is 11.1. The molecule has 27 heavy (non-hydrogen) atoms. The molecule has 0 atom stereocenters. The highest BCUT2D eigenvalue weighted by atomic mass is 32.2. The lowest BCUT2D eigenvalue weighted by atomic mass is 9.81. The first-order valence-electron chi connectivity index (χ1n) is 9.40. The predicted octanol–water partition coefficient (Wildman–Crippen LogP) is 7.31. The van der Waals surface area contributed by atoms with Crippen LogP contribution in [0.5, 0.6) is 0 Å². The van der Waals surface area contributed by atoms with Gasteiger partial charge in [-0.15, -0.1) is 11.8 Å². The van der Waals surface area contributed by atoms with Crippen molar-refractivity contribution in [3.63, 3.8) is 0 Å². The highest BCUT2D eigenvalue weighted by Gasteiger charge is 2.20. The molecule has 0 spiro atoms. The number of para-hydroxylation sites is 2. The molecule has 0 fully saturated rings. The Morgan fingerprint density at radius 3 is 2.00 bits per heavy atom. The molecule has 1 heterocycles. The molecule has 0 aliphatic heterocycles. The highest BCUT2D eigenvalue weighted by molar-refractivity contribution is 8.02. The Morgan fingerprint density at radius 1 is 0.815 bits per heavy atom. The number of benzene rings is 2. The van der Waals surface area contributed by atoms with Gasteiger partial charge in [0, 0.05) is 16.4 Å². The molecule has 3 aromatic rings. The molecular weight excluding hydrogens is 370 g/mol. The molecule has 0 bridgehead atoms. The van der Waals surface area contributed by atoms with E-state index in [1.165, 1.54) is 16.0 Å². The lowest BCUT2D eigenvalue weighted by Gasteiger charge is -2.26. The summed E-state index contributed by atoms with van der Waals surface area (Å²) in [5.74, 6) is 2.00. The maximum atomic E-state index is 5.79. The highest BCUT2D eigenvalue weighted by Crippen LogP contribution is 2.34. The van der Waals surface area contributed by atoms with Gasteiger partial charge in [0.2, 0.25) is 0 Å². The maximum Gasteiger partial charge on any atom is 0.256 e. The van der Waals surface area contributed by atoms with Gasteiger partial charge in [-0.25, -0.2) is 4.98 Å². The van der Waals surface area contributed by atoms with Crippen LogP contribution in [0.1, 0.15) is 52.7 Å². The van der Waals surface area contributed by atoms with E-state index in [2.05, 4.69) is 64.7 Å². The van der Waals surface area contributed by atoms with E-state index in [0.29, 0.717) is 0 Å². The van der Waals surface area contributed by atoms with E-state index >= 15 is 0 Å². The number of thioether (sulfide) groups is 2. The predicted molar refractivity (Wildman–Crippen MR) is 119 cm³/mol. The smallest absolute Gasteiger partial charge is 0.256 e. The zero-order chi connectivity index (χ0) is 19.7. The van der Waals surface area contributed by atoms with Crippen molar-refractivity contribution >= 4 is 34.6 Å². The average Bonchev–Trinajstić information content (AvgIpc) is 3.00. The third kappa shape index (κ3) is 5.32. The summed E-state index contributed by atoms with van der Waals surface area (Å²) in [5.41, 5.74) is 4.92. The Balaban J connectivity index is 1.66. The summed E-state index contributed by atoms with van der Waals surface area (Å²) in [6.45, 7) is 13.7.